The molecule has 1 aliphatic heterocycles. The molecule has 1 heterocycles. The molecule has 6 nitrogen and oxygen atoms in total. The van der Waals surface area contributed by atoms with Crippen molar-refractivity contribution in [3.63, 3.8) is 0 Å². The summed E-state index contributed by atoms with van der Waals surface area (Å²) in [5.74, 6) is 1.43. The summed E-state index contributed by atoms with van der Waals surface area (Å²) in [6, 6.07) is 11.0. The average molecular weight is 314 g/mol. The van der Waals surface area contributed by atoms with Crippen LogP contribution in [-0.2, 0) is 0 Å². The summed E-state index contributed by atoms with van der Waals surface area (Å²) >= 11 is 0. The largest absolute Gasteiger partial charge is 0.493 e. The van der Waals surface area contributed by atoms with E-state index in [1.54, 1.807) is 33.5 Å². The molecule has 23 heavy (non-hydrogen) atoms. The fourth-order valence-corrected chi connectivity index (χ4v) is 2.71. The number of fused-ring (bicyclic) bond motifs is 1. The number of carbonyl (C=O) groups excluding carboxylic acids is 1. The number of hydrogen-bond donors (Lipinski definition) is 2. The van der Waals surface area contributed by atoms with Crippen molar-refractivity contribution in [2.24, 2.45) is 0 Å². The quantitative estimate of drug-likeness (QED) is 0.908. The number of amides is 1. The van der Waals surface area contributed by atoms with Crippen molar-refractivity contribution in [2.75, 3.05) is 26.6 Å². The zero-order valence-corrected chi connectivity index (χ0v) is 13.2. The molecule has 0 bridgehead atoms. The second-order valence-corrected chi connectivity index (χ2v) is 5.02. The van der Waals surface area contributed by atoms with Crippen LogP contribution >= 0.6 is 0 Å². The molecule has 2 aromatic carbocycles. The van der Waals surface area contributed by atoms with Crippen LogP contribution in [0.25, 0.3) is 0 Å². The number of anilines is 1. The number of nitrogens with one attached hydrogen (secondary N) is 2. The molecule has 1 atom stereocenters. The van der Waals surface area contributed by atoms with Gasteiger partial charge in [-0.25, -0.2) is 0 Å². The highest BCUT2D eigenvalue weighted by molar-refractivity contribution is 6.01. The normalized spacial score (nSPS) is 16.0. The Morgan fingerprint density at radius 1 is 0.870 bits per heavy atom. The van der Waals surface area contributed by atoms with Gasteiger partial charge in [0.05, 0.1) is 26.9 Å². The van der Waals surface area contributed by atoms with Crippen LogP contribution in [0.5, 0.6) is 17.2 Å². The summed E-state index contributed by atoms with van der Waals surface area (Å²) < 4.78 is 16.2. The van der Waals surface area contributed by atoms with E-state index in [0.717, 1.165) is 11.3 Å². The van der Waals surface area contributed by atoms with Gasteiger partial charge in [-0.05, 0) is 24.3 Å². The van der Waals surface area contributed by atoms with Crippen molar-refractivity contribution in [3.05, 3.63) is 47.5 Å². The third-order valence-corrected chi connectivity index (χ3v) is 3.79. The zero-order valence-electron chi connectivity index (χ0n) is 13.2. The van der Waals surface area contributed by atoms with Crippen molar-refractivity contribution in [1.82, 2.24) is 5.32 Å². The van der Waals surface area contributed by atoms with Gasteiger partial charge in [0.1, 0.15) is 6.17 Å². The SMILES string of the molecule is COc1ccc([C@@H]2NC(=O)c3ccccc3N2)c(OC)c1OC. The Labute approximate surface area is 134 Å². The maximum Gasteiger partial charge on any atom is 0.255 e. The van der Waals surface area contributed by atoms with E-state index in [1.165, 1.54) is 0 Å². The van der Waals surface area contributed by atoms with Gasteiger partial charge in [0.25, 0.3) is 5.91 Å². The van der Waals surface area contributed by atoms with Gasteiger partial charge in [-0.15, -0.1) is 0 Å². The molecule has 0 fully saturated rings. The van der Waals surface area contributed by atoms with Crippen LogP contribution in [0.2, 0.25) is 0 Å². The fraction of sp³-hybridized carbons (Fsp3) is 0.235. The second-order valence-electron chi connectivity index (χ2n) is 5.02. The van der Waals surface area contributed by atoms with E-state index in [2.05, 4.69) is 10.6 Å². The average Bonchev–Trinajstić information content (AvgIpc) is 2.60. The maximum atomic E-state index is 12.3. The highest BCUT2D eigenvalue weighted by atomic mass is 16.5. The summed E-state index contributed by atoms with van der Waals surface area (Å²) in [5.41, 5.74) is 2.15. The Kier molecular flexibility index (Phi) is 3.97. The third-order valence-electron chi connectivity index (χ3n) is 3.79. The molecule has 6 heteroatoms. The van der Waals surface area contributed by atoms with Crippen LogP contribution in [0, 0.1) is 0 Å². The number of benzene rings is 2. The van der Waals surface area contributed by atoms with Crippen molar-refractivity contribution in [1.29, 1.82) is 0 Å². The number of methoxy groups -OCH3 is 3. The first-order valence-corrected chi connectivity index (χ1v) is 7.15. The van der Waals surface area contributed by atoms with Gasteiger partial charge in [-0.1, -0.05) is 12.1 Å². The molecule has 3 rings (SSSR count). The van der Waals surface area contributed by atoms with Crippen molar-refractivity contribution >= 4 is 11.6 Å². The topological polar surface area (TPSA) is 68.8 Å². The summed E-state index contributed by atoms with van der Waals surface area (Å²) in [6.07, 6.45) is -0.424. The summed E-state index contributed by atoms with van der Waals surface area (Å²) in [7, 11) is 4.67. The second kappa shape index (κ2) is 6.08. The highest BCUT2D eigenvalue weighted by Crippen LogP contribution is 2.43. The molecule has 1 amide bonds. The van der Waals surface area contributed by atoms with E-state index in [4.69, 9.17) is 14.2 Å². The van der Waals surface area contributed by atoms with Crippen LogP contribution in [0.4, 0.5) is 5.69 Å². The van der Waals surface area contributed by atoms with Crippen LogP contribution < -0.4 is 24.8 Å². The first-order valence-electron chi connectivity index (χ1n) is 7.15. The number of rotatable bonds is 4. The zero-order chi connectivity index (χ0) is 16.4. The Hall–Kier alpha value is -2.89. The molecule has 0 radical (unpaired) electrons. The lowest BCUT2D eigenvalue weighted by Crippen LogP contribution is -2.38. The predicted molar refractivity (Wildman–Crippen MR) is 86.4 cm³/mol. The van der Waals surface area contributed by atoms with E-state index >= 15 is 0 Å². The third kappa shape index (κ3) is 2.52. The molecule has 2 N–H and O–H groups in total. The van der Waals surface area contributed by atoms with Gasteiger partial charge < -0.3 is 24.8 Å². The molecule has 0 saturated carbocycles. The highest BCUT2D eigenvalue weighted by Gasteiger charge is 2.28. The molecule has 0 spiro atoms. The van der Waals surface area contributed by atoms with Crippen LogP contribution in [0.3, 0.4) is 0 Å². The standard InChI is InChI=1S/C17H18N2O4/c1-21-13-9-8-11(14(22-2)15(13)23-3)16-18-12-7-5-4-6-10(12)17(20)19-16/h4-9,16,18H,1-3H3,(H,19,20)/t16-/m0/s1. The van der Waals surface area contributed by atoms with Crippen molar-refractivity contribution in [2.45, 2.75) is 6.17 Å². The van der Waals surface area contributed by atoms with E-state index in [1.807, 2.05) is 24.3 Å². The molecule has 0 aromatic heterocycles. The van der Waals surface area contributed by atoms with Gasteiger partial charge in [0.2, 0.25) is 5.75 Å². The van der Waals surface area contributed by atoms with Crippen molar-refractivity contribution in [3.8, 4) is 17.2 Å². The lowest BCUT2D eigenvalue weighted by atomic mass is 10.0. The first kappa shape index (κ1) is 15.0. The van der Waals surface area contributed by atoms with E-state index in [-0.39, 0.29) is 5.91 Å². The Morgan fingerprint density at radius 3 is 2.30 bits per heavy atom. The van der Waals surface area contributed by atoms with Gasteiger partial charge in [0, 0.05) is 11.3 Å². The number of hydrogen-bond acceptors (Lipinski definition) is 5. The number of ether oxygens (including phenoxy) is 3. The van der Waals surface area contributed by atoms with Crippen molar-refractivity contribution < 1.29 is 19.0 Å². The molecule has 1 aliphatic rings. The minimum atomic E-state index is -0.424. The van der Waals surface area contributed by atoms with Gasteiger partial charge in [-0.2, -0.15) is 0 Å². The molecule has 120 valence electrons. The minimum absolute atomic E-state index is 0.138. The Morgan fingerprint density at radius 2 is 1.61 bits per heavy atom. The molecular weight excluding hydrogens is 296 g/mol. The molecule has 0 unspecified atom stereocenters. The monoisotopic (exact) mass is 314 g/mol. The molecule has 0 saturated heterocycles. The molecular formula is C17H18N2O4. The van der Waals surface area contributed by atoms with Crippen LogP contribution in [-0.4, -0.2) is 27.2 Å². The van der Waals surface area contributed by atoms with Gasteiger partial charge in [0.15, 0.2) is 11.5 Å². The van der Waals surface area contributed by atoms with Crippen LogP contribution in [0.15, 0.2) is 36.4 Å². The van der Waals surface area contributed by atoms with E-state index in [0.29, 0.717) is 22.8 Å². The number of carbonyl (C=O) groups is 1. The van der Waals surface area contributed by atoms with Gasteiger partial charge >= 0.3 is 0 Å². The first-order chi connectivity index (χ1) is 11.2. The van der Waals surface area contributed by atoms with Gasteiger partial charge in [-0.3, -0.25) is 4.79 Å². The number of para-hydroxylation sites is 1. The Bertz CT molecular complexity index is 745. The smallest absolute Gasteiger partial charge is 0.255 e. The molecule has 0 aliphatic carbocycles. The lowest BCUT2D eigenvalue weighted by molar-refractivity contribution is 0.0935. The lowest BCUT2D eigenvalue weighted by Gasteiger charge is -2.29. The predicted octanol–water partition coefficient (Wildman–Crippen LogP) is 2.57. The minimum Gasteiger partial charge on any atom is -0.493 e. The molecule has 2 aromatic rings. The fourth-order valence-electron chi connectivity index (χ4n) is 2.71. The summed E-state index contributed by atoms with van der Waals surface area (Å²) in [4.78, 5) is 12.3. The summed E-state index contributed by atoms with van der Waals surface area (Å²) in [6.45, 7) is 0. The van der Waals surface area contributed by atoms with E-state index < -0.39 is 6.17 Å². The van der Waals surface area contributed by atoms with E-state index in [9.17, 15) is 4.79 Å². The maximum absolute atomic E-state index is 12.3. The Balaban J connectivity index is 2.05. The van der Waals surface area contributed by atoms with Crippen LogP contribution in [0.1, 0.15) is 22.1 Å². The summed E-state index contributed by atoms with van der Waals surface area (Å²) in [5, 5.41) is 6.22.